The average Bonchev–Trinajstić information content (AvgIpc) is 3.36. The lowest BCUT2D eigenvalue weighted by Gasteiger charge is -2.29. The Morgan fingerprint density at radius 1 is 1.08 bits per heavy atom. The van der Waals surface area contributed by atoms with Gasteiger partial charge in [-0.2, -0.15) is 10.1 Å². The Morgan fingerprint density at radius 3 is 2.65 bits per heavy atom. The quantitative estimate of drug-likeness (QED) is 0.361. The molecule has 2 heterocycles. The molecule has 3 aromatic carbocycles. The number of rotatable bonds is 7. The van der Waals surface area contributed by atoms with Crippen molar-refractivity contribution >= 4 is 17.5 Å². The van der Waals surface area contributed by atoms with Gasteiger partial charge >= 0.3 is 0 Å². The van der Waals surface area contributed by atoms with Crippen molar-refractivity contribution in [3.63, 3.8) is 0 Å². The number of methoxy groups -OCH3 is 1. The lowest BCUT2D eigenvalue weighted by Crippen LogP contribution is -2.31. The number of carbonyl (C=O) groups excluding carboxylic acids is 1. The molecule has 1 atom stereocenters. The summed E-state index contributed by atoms with van der Waals surface area (Å²) < 4.78 is 27.2. The lowest BCUT2D eigenvalue weighted by molar-refractivity contribution is -0.113. The smallest absolute Gasteiger partial charge is 0.255 e. The minimum Gasteiger partial charge on any atom is -0.493 e. The van der Waals surface area contributed by atoms with E-state index in [1.165, 1.54) is 19.5 Å². The third kappa shape index (κ3) is 4.75. The SMILES string of the molecule is COc1cc(C2C(C(=O)Nc3ccccc3C)=C(C)Nc3ncnn32)ccc1OCc1ccccc1F. The Bertz CT molecular complexity index is 1500. The first-order valence-electron chi connectivity index (χ1n) is 11.7. The zero-order chi connectivity index (χ0) is 25.9. The predicted octanol–water partition coefficient (Wildman–Crippen LogP) is 5.24. The van der Waals surface area contributed by atoms with Crippen LogP contribution in [0.1, 0.15) is 29.7 Å². The van der Waals surface area contributed by atoms with Crippen molar-refractivity contribution < 1.29 is 18.7 Å². The number of para-hydroxylation sites is 1. The van der Waals surface area contributed by atoms with Crippen LogP contribution in [0, 0.1) is 12.7 Å². The molecule has 188 valence electrons. The summed E-state index contributed by atoms with van der Waals surface area (Å²) in [6, 6.07) is 18.9. The molecule has 0 aliphatic carbocycles. The standard InChI is InChI=1S/C28H26FN5O3/c1-17-8-4-7-11-22(17)33-27(35)25-18(2)32-28-30-16-31-34(28)26(25)19-12-13-23(24(14-19)36-3)37-15-20-9-5-6-10-21(20)29/h4-14,16,26H,15H2,1-3H3,(H,33,35)(H,30,31,32). The van der Waals surface area contributed by atoms with E-state index >= 15 is 0 Å². The van der Waals surface area contributed by atoms with E-state index < -0.39 is 6.04 Å². The van der Waals surface area contributed by atoms with Gasteiger partial charge in [-0.3, -0.25) is 4.79 Å². The number of hydrogen-bond donors (Lipinski definition) is 2. The van der Waals surface area contributed by atoms with Gasteiger partial charge in [-0.15, -0.1) is 0 Å². The molecule has 0 fully saturated rings. The number of nitrogens with one attached hydrogen (secondary N) is 2. The van der Waals surface area contributed by atoms with Crippen LogP contribution >= 0.6 is 0 Å². The molecular formula is C28H26FN5O3. The Kier molecular flexibility index (Phi) is 6.59. The second-order valence-corrected chi connectivity index (χ2v) is 8.65. The monoisotopic (exact) mass is 499 g/mol. The zero-order valence-electron chi connectivity index (χ0n) is 20.7. The number of amides is 1. The van der Waals surface area contributed by atoms with E-state index in [4.69, 9.17) is 9.47 Å². The van der Waals surface area contributed by atoms with E-state index in [1.54, 1.807) is 35.0 Å². The van der Waals surface area contributed by atoms with Crippen LogP contribution in [0.3, 0.4) is 0 Å². The van der Waals surface area contributed by atoms with Crippen LogP contribution in [-0.2, 0) is 11.4 Å². The number of benzene rings is 3. The first-order valence-corrected chi connectivity index (χ1v) is 11.7. The molecule has 0 saturated carbocycles. The van der Waals surface area contributed by atoms with Crippen molar-refractivity contribution in [3.05, 3.63) is 107 Å². The van der Waals surface area contributed by atoms with E-state index in [1.807, 2.05) is 44.2 Å². The summed E-state index contributed by atoms with van der Waals surface area (Å²) in [6.07, 6.45) is 1.44. The van der Waals surface area contributed by atoms with Gasteiger partial charge in [0.1, 0.15) is 24.8 Å². The van der Waals surface area contributed by atoms with Crippen molar-refractivity contribution in [3.8, 4) is 11.5 Å². The Labute approximate surface area is 213 Å². The number of ether oxygens (including phenoxy) is 2. The number of aromatic nitrogens is 3. The lowest BCUT2D eigenvalue weighted by atomic mass is 9.94. The molecule has 0 radical (unpaired) electrons. The number of anilines is 2. The average molecular weight is 500 g/mol. The highest BCUT2D eigenvalue weighted by molar-refractivity contribution is 6.06. The van der Waals surface area contributed by atoms with E-state index in [0.717, 1.165) is 16.8 Å². The molecule has 1 unspecified atom stereocenters. The third-order valence-corrected chi connectivity index (χ3v) is 6.28. The fraction of sp³-hybridized carbons (Fsp3) is 0.179. The second-order valence-electron chi connectivity index (χ2n) is 8.65. The van der Waals surface area contributed by atoms with Crippen molar-refractivity contribution in [2.45, 2.75) is 26.5 Å². The molecule has 9 heteroatoms. The van der Waals surface area contributed by atoms with Crippen LogP contribution in [0.5, 0.6) is 11.5 Å². The molecule has 37 heavy (non-hydrogen) atoms. The van der Waals surface area contributed by atoms with Gasteiger partial charge in [0.05, 0.1) is 12.7 Å². The van der Waals surface area contributed by atoms with E-state index in [0.29, 0.717) is 34.3 Å². The van der Waals surface area contributed by atoms with E-state index in [-0.39, 0.29) is 18.3 Å². The normalized spacial score (nSPS) is 14.5. The fourth-order valence-corrected chi connectivity index (χ4v) is 4.34. The molecule has 0 saturated heterocycles. The van der Waals surface area contributed by atoms with Crippen molar-refractivity contribution in [2.75, 3.05) is 17.7 Å². The maximum absolute atomic E-state index is 14.1. The Morgan fingerprint density at radius 2 is 1.86 bits per heavy atom. The van der Waals surface area contributed by atoms with E-state index in [2.05, 4.69) is 20.7 Å². The van der Waals surface area contributed by atoms with Crippen LogP contribution in [0.15, 0.2) is 84.3 Å². The van der Waals surface area contributed by atoms with Gasteiger partial charge in [0.15, 0.2) is 11.5 Å². The Balaban J connectivity index is 1.49. The molecule has 0 bridgehead atoms. The first kappa shape index (κ1) is 24.1. The van der Waals surface area contributed by atoms with Crippen LogP contribution in [0.25, 0.3) is 0 Å². The van der Waals surface area contributed by atoms with Gasteiger partial charge in [-0.25, -0.2) is 9.07 Å². The minimum absolute atomic E-state index is 0.0477. The maximum atomic E-state index is 14.1. The molecule has 2 N–H and O–H groups in total. The number of allylic oxidation sites excluding steroid dienone is 1. The summed E-state index contributed by atoms with van der Waals surface area (Å²) in [5.74, 6) is 0.828. The highest BCUT2D eigenvalue weighted by Crippen LogP contribution is 2.39. The maximum Gasteiger partial charge on any atom is 0.255 e. The molecule has 1 aliphatic heterocycles. The highest BCUT2D eigenvalue weighted by Gasteiger charge is 2.34. The molecule has 4 aromatic rings. The molecule has 5 rings (SSSR count). The van der Waals surface area contributed by atoms with Crippen LogP contribution in [0.4, 0.5) is 16.0 Å². The predicted molar refractivity (Wildman–Crippen MR) is 138 cm³/mol. The molecule has 1 aromatic heterocycles. The number of fused-ring (bicyclic) bond motifs is 1. The summed E-state index contributed by atoms with van der Waals surface area (Å²) in [7, 11) is 1.53. The van der Waals surface area contributed by atoms with Gasteiger partial charge < -0.3 is 20.1 Å². The van der Waals surface area contributed by atoms with Gasteiger partial charge in [0, 0.05) is 16.9 Å². The molecule has 1 aliphatic rings. The van der Waals surface area contributed by atoms with Crippen LogP contribution < -0.4 is 20.1 Å². The van der Waals surface area contributed by atoms with Crippen molar-refractivity contribution in [1.29, 1.82) is 0 Å². The number of halogens is 1. The van der Waals surface area contributed by atoms with Crippen molar-refractivity contribution in [2.24, 2.45) is 0 Å². The summed E-state index contributed by atoms with van der Waals surface area (Å²) in [5.41, 5.74) is 4.02. The summed E-state index contributed by atoms with van der Waals surface area (Å²) >= 11 is 0. The van der Waals surface area contributed by atoms with Gasteiger partial charge in [-0.05, 0) is 49.2 Å². The molecule has 1 amide bonds. The van der Waals surface area contributed by atoms with Crippen LogP contribution in [-0.4, -0.2) is 27.8 Å². The fourth-order valence-electron chi connectivity index (χ4n) is 4.34. The largest absolute Gasteiger partial charge is 0.493 e. The summed E-state index contributed by atoms with van der Waals surface area (Å²) in [6.45, 7) is 3.82. The van der Waals surface area contributed by atoms with Crippen LogP contribution in [0.2, 0.25) is 0 Å². The number of nitrogens with zero attached hydrogens (tertiary/aromatic N) is 3. The van der Waals surface area contributed by atoms with E-state index in [9.17, 15) is 9.18 Å². The minimum atomic E-state index is -0.572. The third-order valence-electron chi connectivity index (χ3n) is 6.28. The Hall–Kier alpha value is -4.66. The van der Waals surface area contributed by atoms with Gasteiger partial charge in [0.25, 0.3) is 5.91 Å². The number of aryl methyl sites for hydroxylation is 1. The van der Waals surface area contributed by atoms with Gasteiger partial charge in [0.2, 0.25) is 5.95 Å². The first-order chi connectivity index (χ1) is 18.0. The number of hydrogen-bond acceptors (Lipinski definition) is 6. The van der Waals surface area contributed by atoms with Gasteiger partial charge in [-0.1, -0.05) is 42.5 Å². The number of carbonyl (C=O) groups is 1. The summed E-state index contributed by atoms with van der Waals surface area (Å²) in [5, 5.41) is 10.6. The highest BCUT2D eigenvalue weighted by atomic mass is 19.1. The second kappa shape index (κ2) is 10.1. The molecule has 0 spiro atoms. The molecular weight excluding hydrogens is 473 g/mol. The zero-order valence-corrected chi connectivity index (χ0v) is 20.7. The topological polar surface area (TPSA) is 90.3 Å². The molecule has 8 nitrogen and oxygen atoms in total. The van der Waals surface area contributed by atoms with Crippen molar-refractivity contribution in [1.82, 2.24) is 14.8 Å². The summed E-state index contributed by atoms with van der Waals surface area (Å²) in [4.78, 5) is 17.9.